The number of aromatic nitrogens is 3. The van der Waals surface area contributed by atoms with E-state index in [1.54, 1.807) is 12.3 Å². The van der Waals surface area contributed by atoms with Crippen LogP contribution in [0.4, 0.5) is 10.2 Å². The first kappa shape index (κ1) is 14.1. The Hall–Kier alpha value is -2.83. The quantitative estimate of drug-likeness (QED) is 0.804. The maximum atomic E-state index is 14.0. The van der Waals surface area contributed by atoms with Gasteiger partial charge in [0.2, 0.25) is 5.88 Å². The molecule has 6 nitrogen and oxygen atoms in total. The van der Waals surface area contributed by atoms with Crippen molar-refractivity contribution in [1.29, 1.82) is 0 Å². The van der Waals surface area contributed by atoms with Gasteiger partial charge in [-0.2, -0.15) is 0 Å². The van der Waals surface area contributed by atoms with Crippen LogP contribution in [-0.4, -0.2) is 28.8 Å². The van der Waals surface area contributed by atoms with Crippen LogP contribution in [0.2, 0.25) is 0 Å². The van der Waals surface area contributed by atoms with E-state index in [0.717, 1.165) is 17.1 Å². The maximum absolute atomic E-state index is 14.0. The summed E-state index contributed by atoms with van der Waals surface area (Å²) in [4.78, 5) is 8.06. The molecule has 0 unspecified atom stereocenters. The van der Waals surface area contributed by atoms with E-state index in [-0.39, 0.29) is 11.6 Å². The maximum Gasteiger partial charge on any atom is 0.226 e. The molecule has 3 heterocycles. The first-order valence-electron chi connectivity index (χ1n) is 6.54. The van der Waals surface area contributed by atoms with E-state index in [1.165, 1.54) is 14.2 Å². The largest absolute Gasteiger partial charge is 0.493 e. The van der Waals surface area contributed by atoms with Gasteiger partial charge in [-0.05, 0) is 12.1 Å². The lowest BCUT2D eigenvalue weighted by Gasteiger charge is -2.13. The molecule has 0 aliphatic carbocycles. The predicted molar refractivity (Wildman–Crippen MR) is 81.4 cm³/mol. The normalized spacial score (nSPS) is 10.9. The van der Waals surface area contributed by atoms with Crippen molar-refractivity contribution in [1.82, 2.24) is 14.5 Å². The van der Waals surface area contributed by atoms with Crippen molar-refractivity contribution in [2.24, 2.45) is 7.05 Å². The number of nitrogens with two attached hydrogens (primary N) is 1. The highest BCUT2D eigenvalue weighted by Crippen LogP contribution is 2.40. The molecule has 0 aromatic carbocycles. The number of fused-ring (bicyclic) bond motifs is 1. The second-order valence-corrected chi connectivity index (χ2v) is 4.78. The third-order valence-corrected chi connectivity index (χ3v) is 3.56. The molecule has 0 bridgehead atoms. The van der Waals surface area contributed by atoms with E-state index in [4.69, 9.17) is 15.2 Å². The molecule has 0 aliphatic heterocycles. The Morgan fingerprint density at radius 2 is 1.91 bits per heavy atom. The molecule has 7 heteroatoms. The van der Waals surface area contributed by atoms with Crippen molar-refractivity contribution in [2.45, 2.75) is 0 Å². The molecule has 2 N–H and O–H groups in total. The van der Waals surface area contributed by atoms with Crippen LogP contribution in [0.15, 0.2) is 24.5 Å². The van der Waals surface area contributed by atoms with Gasteiger partial charge in [0.05, 0.1) is 37.8 Å². The Kier molecular flexibility index (Phi) is 3.32. The topological polar surface area (TPSA) is 75.2 Å². The average Bonchev–Trinajstić information content (AvgIpc) is 2.82. The number of halogens is 1. The first-order chi connectivity index (χ1) is 10.6. The van der Waals surface area contributed by atoms with Gasteiger partial charge >= 0.3 is 0 Å². The second kappa shape index (κ2) is 5.18. The van der Waals surface area contributed by atoms with Gasteiger partial charge in [-0.25, -0.2) is 14.4 Å². The second-order valence-electron chi connectivity index (χ2n) is 4.78. The lowest BCUT2D eigenvalue weighted by Crippen LogP contribution is -2.01. The van der Waals surface area contributed by atoms with Crippen LogP contribution in [0, 0.1) is 5.82 Å². The van der Waals surface area contributed by atoms with E-state index >= 15 is 0 Å². The van der Waals surface area contributed by atoms with Crippen LogP contribution in [0.25, 0.3) is 22.2 Å². The summed E-state index contributed by atoms with van der Waals surface area (Å²) in [6.07, 6.45) is 2.74. The minimum Gasteiger partial charge on any atom is -0.493 e. The van der Waals surface area contributed by atoms with Crippen LogP contribution in [-0.2, 0) is 7.05 Å². The zero-order valence-electron chi connectivity index (χ0n) is 12.4. The minimum atomic E-state index is -0.554. The number of aryl methyl sites for hydroxylation is 1. The molecular formula is C15H15FN4O2. The SMILES string of the molecule is COc1ncc(F)c(OC)c1-c1cc2cc(N)ncc2n1C. The first-order valence-corrected chi connectivity index (χ1v) is 6.54. The summed E-state index contributed by atoms with van der Waals surface area (Å²) in [5, 5.41) is 0.887. The highest BCUT2D eigenvalue weighted by molar-refractivity contribution is 5.90. The highest BCUT2D eigenvalue weighted by atomic mass is 19.1. The number of rotatable bonds is 3. The molecule has 0 atom stereocenters. The molecule has 0 saturated carbocycles. The van der Waals surface area contributed by atoms with Gasteiger partial charge in [0.25, 0.3) is 0 Å². The van der Waals surface area contributed by atoms with E-state index in [2.05, 4.69) is 9.97 Å². The van der Waals surface area contributed by atoms with E-state index in [9.17, 15) is 4.39 Å². The van der Waals surface area contributed by atoms with Gasteiger partial charge in [0, 0.05) is 12.4 Å². The summed E-state index contributed by atoms with van der Waals surface area (Å²) in [5.74, 6) is 0.228. The third-order valence-electron chi connectivity index (χ3n) is 3.56. The fraction of sp³-hybridized carbons (Fsp3) is 0.200. The Balaban J connectivity index is 2.36. The molecule has 3 rings (SSSR count). The lowest BCUT2D eigenvalue weighted by atomic mass is 10.1. The summed E-state index contributed by atoms with van der Waals surface area (Å²) in [6, 6.07) is 3.62. The van der Waals surface area contributed by atoms with Gasteiger partial charge in [-0.3, -0.25) is 0 Å². The number of hydrogen-bond acceptors (Lipinski definition) is 5. The fourth-order valence-electron chi connectivity index (χ4n) is 2.53. The minimum absolute atomic E-state index is 0.0821. The Morgan fingerprint density at radius 1 is 1.14 bits per heavy atom. The Morgan fingerprint density at radius 3 is 2.59 bits per heavy atom. The molecule has 0 radical (unpaired) electrons. The van der Waals surface area contributed by atoms with Crippen molar-refractivity contribution in [3.63, 3.8) is 0 Å². The molecule has 3 aromatic rings. The van der Waals surface area contributed by atoms with Crippen LogP contribution >= 0.6 is 0 Å². The van der Waals surface area contributed by atoms with Gasteiger partial charge in [-0.15, -0.1) is 0 Å². The Bertz CT molecular complexity index is 860. The number of methoxy groups -OCH3 is 2. The van der Waals surface area contributed by atoms with E-state index in [0.29, 0.717) is 17.1 Å². The van der Waals surface area contributed by atoms with Crippen molar-refractivity contribution < 1.29 is 13.9 Å². The molecule has 0 fully saturated rings. The van der Waals surface area contributed by atoms with Gasteiger partial charge < -0.3 is 19.8 Å². The summed E-state index contributed by atoms with van der Waals surface area (Å²) >= 11 is 0. The van der Waals surface area contributed by atoms with Crippen LogP contribution in [0.1, 0.15) is 0 Å². The van der Waals surface area contributed by atoms with Crippen LogP contribution in [0.3, 0.4) is 0 Å². The molecular weight excluding hydrogens is 287 g/mol. The number of anilines is 1. The molecule has 3 aromatic heterocycles. The standard InChI is InChI=1S/C15H15FN4O2/c1-20-10(4-8-5-12(17)18-7-11(8)20)13-14(21-2)9(16)6-19-15(13)22-3/h4-7H,1-3H3,(H2,17,18). The molecule has 0 spiro atoms. The zero-order valence-corrected chi connectivity index (χ0v) is 12.4. The van der Waals surface area contributed by atoms with Gasteiger partial charge in [0.1, 0.15) is 11.4 Å². The van der Waals surface area contributed by atoms with Gasteiger partial charge in [0.15, 0.2) is 11.6 Å². The zero-order chi connectivity index (χ0) is 15.9. The molecule has 0 amide bonds. The van der Waals surface area contributed by atoms with Crippen molar-refractivity contribution in [2.75, 3.05) is 20.0 Å². The molecule has 22 heavy (non-hydrogen) atoms. The Labute approximate surface area is 126 Å². The number of nitrogen functional groups attached to an aromatic ring is 1. The summed E-state index contributed by atoms with van der Waals surface area (Å²) in [7, 11) is 4.73. The molecule has 114 valence electrons. The summed E-state index contributed by atoms with van der Waals surface area (Å²) in [6.45, 7) is 0. The number of hydrogen-bond donors (Lipinski definition) is 1. The number of ether oxygens (including phenoxy) is 2. The average molecular weight is 302 g/mol. The summed E-state index contributed by atoms with van der Waals surface area (Å²) in [5.41, 5.74) is 7.72. The van der Waals surface area contributed by atoms with Gasteiger partial charge in [-0.1, -0.05) is 0 Å². The molecule has 0 saturated heterocycles. The number of nitrogens with zero attached hydrogens (tertiary/aromatic N) is 3. The van der Waals surface area contributed by atoms with E-state index in [1.807, 2.05) is 17.7 Å². The van der Waals surface area contributed by atoms with Crippen molar-refractivity contribution in [3.8, 4) is 22.9 Å². The fourth-order valence-corrected chi connectivity index (χ4v) is 2.53. The number of pyridine rings is 2. The van der Waals surface area contributed by atoms with Crippen LogP contribution in [0.5, 0.6) is 11.6 Å². The highest BCUT2D eigenvalue weighted by Gasteiger charge is 2.22. The van der Waals surface area contributed by atoms with Crippen molar-refractivity contribution in [3.05, 3.63) is 30.3 Å². The summed E-state index contributed by atoms with van der Waals surface area (Å²) < 4.78 is 26.3. The monoisotopic (exact) mass is 302 g/mol. The lowest BCUT2D eigenvalue weighted by molar-refractivity contribution is 0.367. The smallest absolute Gasteiger partial charge is 0.226 e. The molecule has 0 aliphatic rings. The third kappa shape index (κ3) is 2.02. The van der Waals surface area contributed by atoms with Crippen LogP contribution < -0.4 is 15.2 Å². The van der Waals surface area contributed by atoms with E-state index < -0.39 is 5.82 Å². The van der Waals surface area contributed by atoms with Crippen molar-refractivity contribution >= 4 is 16.7 Å². The predicted octanol–water partition coefficient (Wildman–Crippen LogP) is 2.37.